The first-order valence-corrected chi connectivity index (χ1v) is 7.18. The zero-order valence-electron chi connectivity index (χ0n) is 12.0. The molecule has 4 nitrogen and oxygen atoms in total. The van der Waals surface area contributed by atoms with Gasteiger partial charge in [-0.15, -0.1) is 0 Å². The monoisotopic (exact) mass is 256 g/mol. The lowest BCUT2D eigenvalue weighted by atomic mass is 9.95. The normalized spacial score (nSPS) is 22.9. The third kappa shape index (κ3) is 4.58. The number of hydrogen-bond donors (Lipinski definition) is 1. The van der Waals surface area contributed by atoms with Crippen molar-refractivity contribution in [2.75, 3.05) is 26.2 Å². The Morgan fingerprint density at radius 2 is 2.22 bits per heavy atom. The fourth-order valence-corrected chi connectivity index (χ4v) is 2.47. The minimum Gasteiger partial charge on any atom is -0.376 e. The Labute approximate surface area is 111 Å². The van der Waals surface area contributed by atoms with Crippen molar-refractivity contribution in [3.63, 3.8) is 0 Å². The van der Waals surface area contributed by atoms with Gasteiger partial charge in [-0.25, -0.2) is 0 Å². The van der Waals surface area contributed by atoms with Crippen molar-refractivity contribution in [1.82, 2.24) is 4.90 Å². The van der Waals surface area contributed by atoms with Crippen molar-refractivity contribution in [3.05, 3.63) is 0 Å². The molecule has 0 bridgehead atoms. The third-order valence-corrected chi connectivity index (χ3v) is 3.51. The molecule has 0 aromatic rings. The number of hydrogen-bond acceptors (Lipinski definition) is 3. The van der Waals surface area contributed by atoms with E-state index in [0.29, 0.717) is 12.5 Å². The lowest BCUT2D eigenvalue weighted by Gasteiger charge is -2.28. The number of carbonyl (C=O) groups excluding carboxylic acids is 1. The standard InChI is InChI=1S/C14H28N2O2/c1-4-13-10-16(6-5-7-18-13)14(17)12(9-15)8-11(2)3/h11-13H,4-10,15H2,1-3H3. The van der Waals surface area contributed by atoms with Gasteiger partial charge in [-0.05, 0) is 25.2 Å². The highest BCUT2D eigenvalue weighted by atomic mass is 16.5. The van der Waals surface area contributed by atoms with E-state index in [1.807, 2.05) is 4.90 Å². The molecule has 1 amide bonds. The summed E-state index contributed by atoms with van der Waals surface area (Å²) in [5, 5.41) is 0. The number of amides is 1. The number of nitrogens with zero attached hydrogens (tertiary/aromatic N) is 1. The average molecular weight is 256 g/mol. The third-order valence-electron chi connectivity index (χ3n) is 3.51. The maximum atomic E-state index is 12.5. The van der Waals surface area contributed by atoms with Gasteiger partial charge < -0.3 is 15.4 Å². The molecule has 1 fully saturated rings. The smallest absolute Gasteiger partial charge is 0.227 e. The lowest BCUT2D eigenvalue weighted by molar-refractivity contribution is -0.136. The van der Waals surface area contributed by atoms with Gasteiger partial charge in [-0.3, -0.25) is 4.79 Å². The van der Waals surface area contributed by atoms with Crippen LogP contribution in [0.1, 0.15) is 40.0 Å². The van der Waals surface area contributed by atoms with Crippen LogP contribution >= 0.6 is 0 Å². The van der Waals surface area contributed by atoms with Crippen LogP contribution in [0.15, 0.2) is 0 Å². The fraction of sp³-hybridized carbons (Fsp3) is 0.929. The van der Waals surface area contributed by atoms with Crippen molar-refractivity contribution in [2.45, 2.75) is 46.1 Å². The van der Waals surface area contributed by atoms with Crippen molar-refractivity contribution >= 4 is 5.91 Å². The number of nitrogens with two attached hydrogens (primary N) is 1. The summed E-state index contributed by atoms with van der Waals surface area (Å²) in [4.78, 5) is 14.4. The molecule has 4 heteroatoms. The molecule has 1 aliphatic heterocycles. The van der Waals surface area contributed by atoms with Crippen molar-refractivity contribution in [1.29, 1.82) is 0 Å². The Hall–Kier alpha value is -0.610. The molecule has 1 rings (SSSR count). The molecule has 0 aromatic heterocycles. The molecule has 1 saturated heterocycles. The Balaban J connectivity index is 2.61. The van der Waals surface area contributed by atoms with Gasteiger partial charge in [0, 0.05) is 26.2 Å². The van der Waals surface area contributed by atoms with Crippen LogP contribution in [0.25, 0.3) is 0 Å². The van der Waals surface area contributed by atoms with Crippen molar-refractivity contribution in [2.24, 2.45) is 17.6 Å². The molecular weight excluding hydrogens is 228 g/mol. The highest BCUT2D eigenvalue weighted by molar-refractivity contribution is 5.79. The minimum absolute atomic E-state index is 0.0272. The van der Waals surface area contributed by atoms with Gasteiger partial charge in [-0.1, -0.05) is 20.8 Å². The molecule has 0 spiro atoms. The van der Waals surface area contributed by atoms with Gasteiger partial charge in [0.15, 0.2) is 0 Å². The average Bonchev–Trinajstić information content (AvgIpc) is 2.60. The van der Waals surface area contributed by atoms with Crippen molar-refractivity contribution in [3.8, 4) is 0 Å². The van der Waals surface area contributed by atoms with E-state index in [1.165, 1.54) is 0 Å². The summed E-state index contributed by atoms with van der Waals surface area (Å²) in [6.07, 6.45) is 2.96. The number of rotatable bonds is 5. The fourth-order valence-electron chi connectivity index (χ4n) is 2.47. The summed E-state index contributed by atoms with van der Waals surface area (Å²) in [7, 11) is 0. The molecule has 0 aromatic carbocycles. The van der Waals surface area contributed by atoms with E-state index in [4.69, 9.17) is 10.5 Å². The van der Waals surface area contributed by atoms with Crippen LogP contribution in [-0.2, 0) is 9.53 Å². The van der Waals surface area contributed by atoms with Gasteiger partial charge in [-0.2, -0.15) is 0 Å². The zero-order valence-corrected chi connectivity index (χ0v) is 12.0. The van der Waals surface area contributed by atoms with Gasteiger partial charge >= 0.3 is 0 Å². The SMILES string of the molecule is CCC1CN(C(=O)C(CN)CC(C)C)CCCO1. The van der Waals surface area contributed by atoms with Gasteiger partial charge in [0.1, 0.15) is 0 Å². The first kappa shape index (κ1) is 15.4. The quantitative estimate of drug-likeness (QED) is 0.813. The topological polar surface area (TPSA) is 55.6 Å². The lowest BCUT2D eigenvalue weighted by Crippen LogP contribution is -2.42. The van der Waals surface area contributed by atoms with Crippen LogP contribution < -0.4 is 5.73 Å². The van der Waals surface area contributed by atoms with E-state index in [9.17, 15) is 4.79 Å². The second kappa shape index (κ2) is 7.74. The highest BCUT2D eigenvalue weighted by Gasteiger charge is 2.27. The van der Waals surface area contributed by atoms with Crippen LogP contribution in [0.3, 0.4) is 0 Å². The van der Waals surface area contributed by atoms with E-state index in [-0.39, 0.29) is 17.9 Å². The molecular formula is C14H28N2O2. The Morgan fingerprint density at radius 1 is 1.50 bits per heavy atom. The molecule has 2 atom stereocenters. The van der Waals surface area contributed by atoms with Crippen LogP contribution in [0, 0.1) is 11.8 Å². The highest BCUT2D eigenvalue weighted by Crippen LogP contribution is 2.17. The first-order valence-electron chi connectivity index (χ1n) is 7.18. The van der Waals surface area contributed by atoms with Crippen LogP contribution in [0.2, 0.25) is 0 Å². The van der Waals surface area contributed by atoms with E-state index in [2.05, 4.69) is 20.8 Å². The molecule has 1 aliphatic rings. The molecule has 0 aliphatic carbocycles. The number of ether oxygens (including phenoxy) is 1. The predicted octanol–water partition coefficient (Wildman–Crippen LogP) is 1.63. The van der Waals surface area contributed by atoms with E-state index >= 15 is 0 Å². The summed E-state index contributed by atoms with van der Waals surface area (Å²) >= 11 is 0. The molecule has 0 saturated carbocycles. The second-order valence-corrected chi connectivity index (χ2v) is 5.60. The molecule has 18 heavy (non-hydrogen) atoms. The van der Waals surface area contributed by atoms with Crippen LogP contribution in [0.5, 0.6) is 0 Å². The summed E-state index contributed by atoms with van der Waals surface area (Å²) in [6.45, 7) is 9.12. The van der Waals surface area contributed by atoms with Gasteiger partial charge in [0.05, 0.1) is 12.0 Å². The molecule has 1 heterocycles. The van der Waals surface area contributed by atoms with Crippen LogP contribution in [0.4, 0.5) is 0 Å². The summed E-state index contributed by atoms with van der Waals surface area (Å²) in [6, 6.07) is 0. The Morgan fingerprint density at radius 3 is 2.78 bits per heavy atom. The molecule has 2 unspecified atom stereocenters. The second-order valence-electron chi connectivity index (χ2n) is 5.60. The predicted molar refractivity (Wildman–Crippen MR) is 73.2 cm³/mol. The first-order chi connectivity index (χ1) is 8.58. The van der Waals surface area contributed by atoms with E-state index < -0.39 is 0 Å². The van der Waals surface area contributed by atoms with Gasteiger partial charge in [0.25, 0.3) is 0 Å². The maximum Gasteiger partial charge on any atom is 0.227 e. The Kier molecular flexibility index (Phi) is 6.65. The Bertz CT molecular complexity index is 256. The minimum atomic E-state index is -0.0272. The summed E-state index contributed by atoms with van der Waals surface area (Å²) in [5.74, 6) is 0.698. The largest absolute Gasteiger partial charge is 0.376 e. The van der Waals surface area contributed by atoms with Crippen molar-refractivity contribution < 1.29 is 9.53 Å². The van der Waals surface area contributed by atoms with E-state index in [0.717, 1.165) is 39.0 Å². The van der Waals surface area contributed by atoms with E-state index in [1.54, 1.807) is 0 Å². The van der Waals surface area contributed by atoms with Gasteiger partial charge in [0.2, 0.25) is 5.91 Å². The molecule has 2 N–H and O–H groups in total. The number of carbonyl (C=O) groups is 1. The maximum absolute atomic E-state index is 12.5. The molecule has 106 valence electrons. The summed E-state index contributed by atoms with van der Waals surface area (Å²) < 4.78 is 5.70. The molecule has 0 radical (unpaired) electrons. The zero-order chi connectivity index (χ0) is 13.5. The summed E-state index contributed by atoms with van der Waals surface area (Å²) in [5.41, 5.74) is 5.76. The van der Waals surface area contributed by atoms with Crippen LogP contribution in [-0.4, -0.2) is 43.2 Å².